The van der Waals surface area contributed by atoms with Gasteiger partial charge >= 0.3 is 0 Å². The smallest absolute Gasteiger partial charge is 0.163 e. The standard InChI is InChI=1S/C21H24N2O2/c1-12(2)8-7-9-13(3)17-19-18(14(4)20(24)21(17)25)22-15-10-5-6-11-16(15)23-19/h5-6,8,10-11,13,24-25H,7,9H2,1-4H3/t13-/m0/s1. The van der Waals surface area contributed by atoms with Gasteiger partial charge in [-0.05, 0) is 51.7 Å². The summed E-state index contributed by atoms with van der Waals surface area (Å²) in [5.41, 5.74) is 5.42. The number of aromatic nitrogens is 2. The Balaban J connectivity index is 2.22. The van der Waals surface area contributed by atoms with Crippen LogP contribution in [0.4, 0.5) is 0 Å². The van der Waals surface area contributed by atoms with E-state index in [-0.39, 0.29) is 17.4 Å². The monoisotopic (exact) mass is 336 g/mol. The molecular formula is C21H24N2O2. The lowest BCUT2D eigenvalue weighted by molar-refractivity contribution is 0.394. The fourth-order valence-corrected chi connectivity index (χ4v) is 3.21. The van der Waals surface area contributed by atoms with Gasteiger partial charge in [-0.3, -0.25) is 0 Å². The van der Waals surface area contributed by atoms with Gasteiger partial charge in [0.25, 0.3) is 0 Å². The van der Waals surface area contributed by atoms with E-state index in [0.29, 0.717) is 22.2 Å². The molecule has 4 nitrogen and oxygen atoms in total. The van der Waals surface area contributed by atoms with Crippen LogP contribution in [0.1, 0.15) is 50.7 Å². The van der Waals surface area contributed by atoms with Gasteiger partial charge in [-0.1, -0.05) is 30.7 Å². The lowest BCUT2D eigenvalue weighted by atomic mass is 9.91. The first-order valence-electron chi connectivity index (χ1n) is 8.64. The Morgan fingerprint density at radius 2 is 1.64 bits per heavy atom. The molecule has 1 atom stereocenters. The number of phenolic OH excluding ortho intramolecular Hbond substituents is 2. The van der Waals surface area contributed by atoms with E-state index in [1.807, 2.05) is 24.3 Å². The number of nitrogens with zero attached hydrogens (tertiary/aromatic N) is 2. The molecule has 2 N–H and O–H groups in total. The molecule has 0 spiro atoms. The molecule has 25 heavy (non-hydrogen) atoms. The molecule has 0 radical (unpaired) electrons. The first-order valence-corrected chi connectivity index (χ1v) is 8.64. The summed E-state index contributed by atoms with van der Waals surface area (Å²) in [5, 5.41) is 21.0. The Bertz CT molecular complexity index is 973. The number of benzene rings is 2. The summed E-state index contributed by atoms with van der Waals surface area (Å²) < 4.78 is 0. The summed E-state index contributed by atoms with van der Waals surface area (Å²) in [6.07, 6.45) is 3.97. The maximum Gasteiger partial charge on any atom is 0.163 e. The van der Waals surface area contributed by atoms with Crippen molar-refractivity contribution in [2.45, 2.75) is 46.5 Å². The van der Waals surface area contributed by atoms with Crippen LogP contribution >= 0.6 is 0 Å². The number of phenols is 2. The van der Waals surface area contributed by atoms with Crippen LogP contribution in [-0.4, -0.2) is 20.2 Å². The van der Waals surface area contributed by atoms with Crippen LogP contribution in [0.25, 0.3) is 22.1 Å². The summed E-state index contributed by atoms with van der Waals surface area (Å²) in [4.78, 5) is 9.44. The predicted octanol–water partition coefficient (Wildman–Crippen LogP) is 5.35. The molecule has 3 rings (SSSR count). The van der Waals surface area contributed by atoms with Crippen molar-refractivity contribution in [1.29, 1.82) is 0 Å². The second-order valence-electron chi connectivity index (χ2n) is 6.91. The number of hydrogen-bond acceptors (Lipinski definition) is 4. The van der Waals surface area contributed by atoms with E-state index >= 15 is 0 Å². The highest BCUT2D eigenvalue weighted by Crippen LogP contribution is 2.43. The third-order valence-corrected chi connectivity index (χ3v) is 4.66. The highest BCUT2D eigenvalue weighted by atomic mass is 16.3. The molecule has 0 saturated carbocycles. The minimum atomic E-state index is -0.0962. The number of hydrogen-bond donors (Lipinski definition) is 2. The van der Waals surface area contributed by atoms with Crippen LogP contribution < -0.4 is 0 Å². The first-order chi connectivity index (χ1) is 11.9. The van der Waals surface area contributed by atoms with E-state index < -0.39 is 0 Å². The van der Waals surface area contributed by atoms with Crippen LogP contribution in [0, 0.1) is 6.92 Å². The van der Waals surface area contributed by atoms with Crippen molar-refractivity contribution >= 4 is 22.1 Å². The SMILES string of the molecule is CC(C)=CCC[C@H](C)c1c(O)c(O)c(C)c2nc3ccccc3nc12. The van der Waals surface area contributed by atoms with Crippen LogP contribution in [0.5, 0.6) is 11.5 Å². The van der Waals surface area contributed by atoms with Gasteiger partial charge in [0.05, 0.1) is 22.1 Å². The fourth-order valence-electron chi connectivity index (χ4n) is 3.21. The minimum Gasteiger partial charge on any atom is -0.504 e. The molecule has 2 aromatic carbocycles. The number of rotatable bonds is 4. The van der Waals surface area contributed by atoms with Crippen LogP contribution in [0.2, 0.25) is 0 Å². The Morgan fingerprint density at radius 3 is 2.24 bits per heavy atom. The van der Waals surface area contributed by atoms with Crippen LogP contribution in [-0.2, 0) is 0 Å². The van der Waals surface area contributed by atoms with Crippen LogP contribution in [0.3, 0.4) is 0 Å². The Kier molecular flexibility index (Phi) is 4.62. The van der Waals surface area contributed by atoms with Gasteiger partial charge in [0.1, 0.15) is 0 Å². The molecule has 0 fully saturated rings. The van der Waals surface area contributed by atoms with Gasteiger partial charge in [0.15, 0.2) is 11.5 Å². The molecule has 0 unspecified atom stereocenters. The quantitative estimate of drug-likeness (QED) is 0.383. The molecule has 1 aromatic heterocycles. The maximum absolute atomic E-state index is 10.6. The summed E-state index contributed by atoms with van der Waals surface area (Å²) >= 11 is 0. The zero-order valence-corrected chi connectivity index (χ0v) is 15.2. The minimum absolute atomic E-state index is 0.0556. The second kappa shape index (κ2) is 6.71. The summed E-state index contributed by atoms with van der Waals surface area (Å²) in [5.74, 6) is -0.111. The summed E-state index contributed by atoms with van der Waals surface area (Å²) in [6.45, 7) is 7.97. The first kappa shape index (κ1) is 17.2. The number of para-hydroxylation sites is 2. The van der Waals surface area contributed by atoms with Gasteiger partial charge in [0.2, 0.25) is 0 Å². The molecule has 0 saturated heterocycles. The molecule has 0 amide bonds. The maximum atomic E-state index is 10.6. The molecular weight excluding hydrogens is 312 g/mol. The van der Waals surface area contributed by atoms with Crippen molar-refractivity contribution in [2.24, 2.45) is 0 Å². The van der Waals surface area contributed by atoms with Crippen LogP contribution in [0.15, 0.2) is 35.9 Å². The molecule has 0 aliphatic heterocycles. The van der Waals surface area contributed by atoms with E-state index in [4.69, 9.17) is 4.98 Å². The number of fused-ring (bicyclic) bond motifs is 2. The topological polar surface area (TPSA) is 66.2 Å². The van der Waals surface area contributed by atoms with Gasteiger partial charge in [-0.2, -0.15) is 0 Å². The zero-order chi connectivity index (χ0) is 18.1. The van der Waals surface area contributed by atoms with Crippen molar-refractivity contribution in [3.8, 4) is 11.5 Å². The fraction of sp³-hybridized carbons (Fsp3) is 0.333. The van der Waals surface area contributed by atoms with E-state index in [1.165, 1.54) is 5.57 Å². The Labute approximate surface area is 147 Å². The zero-order valence-electron chi connectivity index (χ0n) is 15.2. The van der Waals surface area contributed by atoms with E-state index in [2.05, 4.69) is 31.8 Å². The van der Waals surface area contributed by atoms with Gasteiger partial charge in [0, 0.05) is 11.1 Å². The molecule has 3 aromatic rings. The van der Waals surface area contributed by atoms with Crippen molar-refractivity contribution in [2.75, 3.05) is 0 Å². The summed E-state index contributed by atoms with van der Waals surface area (Å²) in [6, 6.07) is 7.66. The normalized spacial score (nSPS) is 12.5. The third-order valence-electron chi connectivity index (χ3n) is 4.66. The highest BCUT2D eigenvalue weighted by molar-refractivity contribution is 5.93. The predicted molar refractivity (Wildman–Crippen MR) is 102 cm³/mol. The number of allylic oxidation sites excluding steroid dienone is 2. The molecule has 0 bridgehead atoms. The third kappa shape index (κ3) is 3.16. The van der Waals surface area contributed by atoms with Crippen molar-refractivity contribution < 1.29 is 10.2 Å². The van der Waals surface area contributed by atoms with Crippen molar-refractivity contribution in [1.82, 2.24) is 9.97 Å². The van der Waals surface area contributed by atoms with Crippen molar-refractivity contribution in [3.63, 3.8) is 0 Å². The average molecular weight is 336 g/mol. The molecule has 130 valence electrons. The lowest BCUT2D eigenvalue weighted by Crippen LogP contribution is -2.01. The van der Waals surface area contributed by atoms with Gasteiger partial charge < -0.3 is 10.2 Å². The molecule has 1 heterocycles. The Morgan fingerprint density at radius 1 is 1.04 bits per heavy atom. The Hall–Kier alpha value is -2.62. The molecule has 0 aliphatic rings. The van der Waals surface area contributed by atoms with E-state index in [1.54, 1.807) is 6.92 Å². The van der Waals surface area contributed by atoms with E-state index in [9.17, 15) is 10.2 Å². The summed E-state index contributed by atoms with van der Waals surface area (Å²) in [7, 11) is 0. The molecule has 4 heteroatoms. The number of aromatic hydroxyl groups is 2. The van der Waals surface area contributed by atoms with E-state index in [0.717, 1.165) is 23.9 Å². The number of aryl methyl sites for hydroxylation is 1. The lowest BCUT2D eigenvalue weighted by Gasteiger charge is -2.18. The van der Waals surface area contributed by atoms with Crippen molar-refractivity contribution in [3.05, 3.63) is 47.0 Å². The van der Waals surface area contributed by atoms with Gasteiger partial charge in [-0.15, -0.1) is 0 Å². The highest BCUT2D eigenvalue weighted by Gasteiger charge is 2.22. The second-order valence-corrected chi connectivity index (χ2v) is 6.91. The average Bonchev–Trinajstić information content (AvgIpc) is 2.58. The van der Waals surface area contributed by atoms with Gasteiger partial charge in [-0.25, -0.2) is 9.97 Å². The molecule has 0 aliphatic carbocycles. The largest absolute Gasteiger partial charge is 0.504 e.